The van der Waals surface area contributed by atoms with Crippen LogP contribution in [0.15, 0.2) is 54.6 Å². The van der Waals surface area contributed by atoms with E-state index in [1.54, 1.807) is 0 Å². The van der Waals surface area contributed by atoms with Gasteiger partial charge in [0.25, 0.3) is 0 Å². The van der Waals surface area contributed by atoms with Gasteiger partial charge >= 0.3 is 0 Å². The summed E-state index contributed by atoms with van der Waals surface area (Å²) in [6, 6.07) is 17.5. The largest absolute Gasteiger partial charge is 0.325 e. The SMILES string of the molecule is CCCC(N)C(=O)Nc1ccc(-c2ccccc2)cc1. The molecular weight excluding hydrogens is 248 g/mol. The molecule has 0 aromatic heterocycles. The third-order valence-corrected chi connectivity index (χ3v) is 3.20. The van der Waals surface area contributed by atoms with Crippen molar-refractivity contribution >= 4 is 11.6 Å². The van der Waals surface area contributed by atoms with Crippen LogP contribution < -0.4 is 11.1 Å². The smallest absolute Gasteiger partial charge is 0.241 e. The van der Waals surface area contributed by atoms with Gasteiger partial charge < -0.3 is 11.1 Å². The lowest BCUT2D eigenvalue weighted by molar-refractivity contribution is -0.117. The van der Waals surface area contributed by atoms with Crippen molar-refractivity contribution in [2.45, 2.75) is 25.8 Å². The molecule has 2 aromatic rings. The number of hydrogen-bond donors (Lipinski definition) is 2. The van der Waals surface area contributed by atoms with E-state index in [9.17, 15) is 4.79 Å². The lowest BCUT2D eigenvalue weighted by Crippen LogP contribution is -2.35. The van der Waals surface area contributed by atoms with Crippen LogP contribution in [0.25, 0.3) is 11.1 Å². The van der Waals surface area contributed by atoms with Gasteiger partial charge in [0.05, 0.1) is 6.04 Å². The Kier molecular flexibility index (Phi) is 4.91. The normalized spacial score (nSPS) is 11.9. The number of benzene rings is 2. The Morgan fingerprint density at radius 3 is 2.25 bits per heavy atom. The van der Waals surface area contributed by atoms with Crippen molar-refractivity contribution in [2.75, 3.05) is 5.32 Å². The van der Waals surface area contributed by atoms with E-state index in [0.717, 1.165) is 23.2 Å². The molecule has 2 rings (SSSR count). The molecule has 0 radical (unpaired) electrons. The molecule has 1 unspecified atom stereocenters. The summed E-state index contributed by atoms with van der Waals surface area (Å²) >= 11 is 0. The third-order valence-electron chi connectivity index (χ3n) is 3.20. The fourth-order valence-electron chi connectivity index (χ4n) is 2.05. The zero-order valence-electron chi connectivity index (χ0n) is 11.7. The quantitative estimate of drug-likeness (QED) is 0.873. The molecule has 1 atom stereocenters. The van der Waals surface area contributed by atoms with Gasteiger partial charge in [-0.3, -0.25) is 4.79 Å². The first kappa shape index (κ1) is 14.3. The van der Waals surface area contributed by atoms with Gasteiger partial charge in [-0.05, 0) is 29.7 Å². The molecule has 3 nitrogen and oxygen atoms in total. The summed E-state index contributed by atoms with van der Waals surface area (Å²) in [6.07, 6.45) is 1.61. The Bertz CT molecular complexity index is 549. The number of anilines is 1. The van der Waals surface area contributed by atoms with Gasteiger partial charge in [-0.25, -0.2) is 0 Å². The van der Waals surface area contributed by atoms with Crippen LogP contribution in [0, 0.1) is 0 Å². The molecule has 0 aliphatic rings. The molecule has 104 valence electrons. The molecule has 0 heterocycles. The van der Waals surface area contributed by atoms with Crippen LogP contribution in [0.5, 0.6) is 0 Å². The van der Waals surface area contributed by atoms with E-state index in [-0.39, 0.29) is 5.91 Å². The number of nitrogens with one attached hydrogen (secondary N) is 1. The molecule has 20 heavy (non-hydrogen) atoms. The van der Waals surface area contributed by atoms with Crippen molar-refractivity contribution in [1.29, 1.82) is 0 Å². The lowest BCUT2D eigenvalue weighted by Gasteiger charge is -2.11. The minimum absolute atomic E-state index is 0.126. The minimum Gasteiger partial charge on any atom is -0.325 e. The molecule has 2 aromatic carbocycles. The van der Waals surface area contributed by atoms with Gasteiger partial charge in [-0.2, -0.15) is 0 Å². The van der Waals surface area contributed by atoms with E-state index in [4.69, 9.17) is 5.73 Å². The molecule has 0 aliphatic heterocycles. The van der Waals surface area contributed by atoms with Crippen molar-refractivity contribution in [2.24, 2.45) is 5.73 Å². The van der Waals surface area contributed by atoms with E-state index < -0.39 is 6.04 Å². The Balaban J connectivity index is 2.04. The first-order chi connectivity index (χ1) is 9.70. The third kappa shape index (κ3) is 3.68. The summed E-state index contributed by atoms with van der Waals surface area (Å²) < 4.78 is 0. The molecule has 3 N–H and O–H groups in total. The van der Waals surface area contributed by atoms with E-state index in [1.165, 1.54) is 0 Å². The fourth-order valence-corrected chi connectivity index (χ4v) is 2.05. The number of nitrogens with two attached hydrogens (primary N) is 1. The number of rotatable bonds is 5. The Hall–Kier alpha value is -2.13. The van der Waals surface area contributed by atoms with Gasteiger partial charge in [-0.15, -0.1) is 0 Å². The summed E-state index contributed by atoms with van der Waals surface area (Å²) in [5.41, 5.74) is 8.85. The van der Waals surface area contributed by atoms with Crippen molar-refractivity contribution in [3.05, 3.63) is 54.6 Å². The molecule has 0 bridgehead atoms. The first-order valence-electron chi connectivity index (χ1n) is 6.92. The second-order valence-corrected chi connectivity index (χ2v) is 4.83. The minimum atomic E-state index is -0.436. The fraction of sp³-hybridized carbons (Fsp3) is 0.235. The van der Waals surface area contributed by atoms with E-state index in [0.29, 0.717) is 6.42 Å². The highest BCUT2D eigenvalue weighted by molar-refractivity contribution is 5.94. The maximum Gasteiger partial charge on any atom is 0.241 e. The van der Waals surface area contributed by atoms with Crippen LogP contribution >= 0.6 is 0 Å². The standard InChI is InChI=1S/C17H20N2O/c1-2-6-16(18)17(20)19-15-11-9-14(10-12-15)13-7-4-3-5-8-13/h3-5,7-12,16H,2,6,18H2,1H3,(H,19,20). The van der Waals surface area contributed by atoms with E-state index >= 15 is 0 Å². The number of carbonyl (C=O) groups excluding carboxylic acids is 1. The van der Waals surface area contributed by atoms with Crippen LogP contribution in [-0.2, 0) is 4.79 Å². The van der Waals surface area contributed by atoms with Crippen molar-refractivity contribution in [3.63, 3.8) is 0 Å². The second-order valence-electron chi connectivity index (χ2n) is 4.83. The Morgan fingerprint density at radius 1 is 1.05 bits per heavy atom. The molecule has 0 spiro atoms. The van der Waals surface area contributed by atoms with Crippen molar-refractivity contribution in [3.8, 4) is 11.1 Å². The Labute approximate surface area is 119 Å². The Morgan fingerprint density at radius 2 is 1.65 bits per heavy atom. The van der Waals surface area contributed by atoms with Gasteiger partial charge in [-0.1, -0.05) is 55.8 Å². The van der Waals surface area contributed by atoms with Crippen LogP contribution in [-0.4, -0.2) is 11.9 Å². The highest BCUT2D eigenvalue weighted by Gasteiger charge is 2.12. The molecule has 3 heteroatoms. The summed E-state index contributed by atoms with van der Waals surface area (Å²) in [6.45, 7) is 2.02. The van der Waals surface area contributed by atoms with Gasteiger partial charge in [0.1, 0.15) is 0 Å². The average Bonchev–Trinajstić information content (AvgIpc) is 2.49. The van der Waals surface area contributed by atoms with Gasteiger partial charge in [0.2, 0.25) is 5.91 Å². The second kappa shape index (κ2) is 6.87. The van der Waals surface area contributed by atoms with E-state index in [2.05, 4.69) is 17.4 Å². The predicted octanol–water partition coefficient (Wildman–Crippen LogP) is 3.42. The zero-order chi connectivity index (χ0) is 14.4. The summed E-state index contributed by atoms with van der Waals surface area (Å²) in [5, 5.41) is 2.84. The predicted molar refractivity (Wildman–Crippen MR) is 83.4 cm³/mol. The molecule has 0 aliphatic carbocycles. The number of hydrogen-bond acceptors (Lipinski definition) is 2. The molecule has 0 saturated heterocycles. The van der Waals surface area contributed by atoms with E-state index in [1.807, 2.05) is 49.4 Å². The molecule has 0 saturated carbocycles. The maximum atomic E-state index is 11.8. The molecule has 0 fully saturated rings. The monoisotopic (exact) mass is 268 g/mol. The topological polar surface area (TPSA) is 55.1 Å². The maximum absolute atomic E-state index is 11.8. The van der Waals surface area contributed by atoms with Crippen LogP contribution in [0.1, 0.15) is 19.8 Å². The van der Waals surface area contributed by atoms with Gasteiger partial charge in [0.15, 0.2) is 0 Å². The highest BCUT2D eigenvalue weighted by Crippen LogP contribution is 2.21. The molecular formula is C17H20N2O. The zero-order valence-corrected chi connectivity index (χ0v) is 11.7. The van der Waals surface area contributed by atoms with Crippen molar-refractivity contribution in [1.82, 2.24) is 0 Å². The van der Waals surface area contributed by atoms with Crippen LogP contribution in [0.3, 0.4) is 0 Å². The summed E-state index contributed by atoms with van der Waals surface area (Å²) in [4.78, 5) is 11.8. The first-order valence-corrected chi connectivity index (χ1v) is 6.92. The summed E-state index contributed by atoms with van der Waals surface area (Å²) in [7, 11) is 0. The number of carbonyl (C=O) groups is 1. The van der Waals surface area contributed by atoms with Gasteiger partial charge in [0, 0.05) is 5.69 Å². The average molecular weight is 268 g/mol. The molecule has 1 amide bonds. The van der Waals surface area contributed by atoms with Crippen LogP contribution in [0.2, 0.25) is 0 Å². The van der Waals surface area contributed by atoms with Crippen LogP contribution in [0.4, 0.5) is 5.69 Å². The lowest BCUT2D eigenvalue weighted by atomic mass is 10.1. The number of amides is 1. The summed E-state index contributed by atoms with van der Waals surface area (Å²) in [5.74, 6) is -0.126. The van der Waals surface area contributed by atoms with Crippen molar-refractivity contribution < 1.29 is 4.79 Å². The highest BCUT2D eigenvalue weighted by atomic mass is 16.2.